The molecule has 0 heterocycles. The molecular formula is C22H46INO2. The van der Waals surface area contributed by atoms with Crippen LogP contribution in [0.25, 0.3) is 0 Å². The Kier molecular flexibility index (Phi) is 21.7. The standard InChI is InChI=1S/C22H45NO2.HI/c1-4-5-6-7-8-9-10-11-12-13-14-17-20-23(2,3)21-18-15-16-19-22(24)25;/h4-21H2,1-3H3;1H. The van der Waals surface area contributed by atoms with Crippen LogP contribution in [0.1, 0.15) is 110 Å². The third-order valence-electron chi connectivity index (χ3n) is 5.27. The van der Waals surface area contributed by atoms with Crippen molar-refractivity contribution in [2.45, 2.75) is 110 Å². The summed E-state index contributed by atoms with van der Waals surface area (Å²) in [5.74, 6) is -0.662. The summed E-state index contributed by atoms with van der Waals surface area (Å²) in [6.45, 7) is 4.72. The highest BCUT2D eigenvalue weighted by molar-refractivity contribution is 5.66. The van der Waals surface area contributed by atoms with E-state index < -0.39 is 5.97 Å². The SMILES string of the molecule is CCCCCCCCCCCCCC[N+](C)(C)CCCCCC(=O)O.[I-]. The van der Waals surface area contributed by atoms with Gasteiger partial charge in [0.2, 0.25) is 0 Å². The van der Waals surface area contributed by atoms with Crippen molar-refractivity contribution in [2.75, 3.05) is 27.2 Å². The molecule has 0 aromatic rings. The Morgan fingerprint density at radius 2 is 1.00 bits per heavy atom. The first-order valence-electron chi connectivity index (χ1n) is 11.0. The van der Waals surface area contributed by atoms with Crippen LogP contribution in [-0.2, 0) is 4.79 Å². The molecule has 0 radical (unpaired) electrons. The van der Waals surface area contributed by atoms with Gasteiger partial charge in [-0.15, -0.1) is 0 Å². The highest BCUT2D eigenvalue weighted by Gasteiger charge is 2.13. The highest BCUT2D eigenvalue weighted by atomic mass is 127. The zero-order chi connectivity index (χ0) is 18.8. The van der Waals surface area contributed by atoms with Gasteiger partial charge in [-0.3, -0.25) is 4.79 Å². The van der Waals surface area contributed by atoms with E-state index in [4.69, 9.17) is 5.11 Å². The number of carbonyl (C=O) groups is 1. The topological polar surface area (TPSA) is 37.3 Å². The number of nitrogens with zero attached hydrogens (tertiary/aromatic N) is 1. The predicted molar refractivity (Wildman–Crippen MR) is 109 cm³/mol. The van der Waals surface area contributed by atoms with Crippen LogP contribution in [0.5, 0.6) is 0 Å². The molecule has 0 fully saturated rings. The van der Waals surface area contributed by atoms with Gasteiger partial charge in [-0.05, 0) is 32.1 Å². The van der Waals surface area contributed by atoms with Crippen LogP contribution < -0.4 is 24.0 Å². The Bertz CT molecular complexity index is 309. The van der Waals surface area contributed by atoms with Gasteiger partial charge in [0, 0.05) is 6.42 Å². The van der Waals surface area contributed by atoms with E-state index in [1.54, 1.807) is 0 Å². The summed E-state index contributed by atoms with van der Waals surface area (Å²) >= 11 is 0. The van der Waals surface area contributed by atoms with Crippen LogP contribution >= 0.6 is 0 Å². The number of rotatable bonds is 19. The lowest BCUT2D eigenvalue weighted by Gasteiger charge is -2.30. The summed E-state index contributed by atoms with van der Waals surface area (Å²) in [6, 6.07) is 0. The molecule has 158 valence electrons. The van der Waals surface area contributed by atoms with E-state index in [0.717, 1.165) is 23.7 Å². The van der Waals surface area contributed by atoms with E-state index in [0.29, 0.717) is 6.42 Å². The maximum atomic E-state index is 10.5. The first-order chi connectivity index (χ1) is 12.0. The molecule has 0 bridgehead atoms. The molecule has 4 heteroatoms. The summed E-state index contributed by atoms with van der Waals surface area (Å²) in [7, 11) is 4.63. The van der Waals surface area contributed by atoms with Gasteiger partial charge in [-0.2, -0.15) is 0 Å². The zero-order valence-corrected chi connectivity index (χ0v) is 20.1. The molecule has 0 aromatic carbocycles. The van der Waals surface area contributed by atoms with Crippen molar-refractivity contribution < 1.29 is 38.4 Å². The van der Waals surface area contributed by atoms with Gasteiger partial charge >= 0.3 is 5.97 Å². The molecule has 1 N–H and O–H groups in total. The Labute approximate surface area is 180 Å². The second-order valence-electron chi connectivity index (χ2n) is 8.48. The molecular weight excluding hydrogens is 437 g/mol. The Hall–Kier alpha value is 0.160. The molecule has 0 saturated carbocycles. The number of quaternary nitrogens is 1. The zero-order valence-electron chi connectivity index (χ0n) is 17.9. The summed E-state index contributed by atoms with van der Waals surface area (Å²) in [6.07, 6.45) is 20.2. The molecule has 0 atom stereocenters. The normalized spacial score (nSPS) is 11.3. The lowest BCUT2D eigenvalue weighted by molar-refractivity contribution is -0.890. The fraction of sp³-hybridized carbons (Fsp3) is 0.955. The number of carboxylic acids is 1. The molecule has 0 aliphatic heterocycles. The summed E-state index contributed by atoms with van der Waals surface area (Å²) in [5, 5.41) is 8.65. The largest absolute Gasteiger partial charge is 1.00 e. The summed E-state index contributed by atoms with van der Waals surface area (Å²) in [4.78, 5) is 10.5. The van der Waals surface area contributed by atoms with E-state index in [-0.39, 0.29) is 24.0 Å². The number of aliphatic carboxylic acids is 1. The van der Waals surface area contributed by atoms with Crippen molar-refractivity contribution >= 4 is 5.97 Å². The second kappa shape index (κ2) is 19.9. The average molecular weight is 484 g/mol. The molecule has 26 heavy (non-hydrogen) atoms. The van der Waals surface area contributed by atoms with Crippen LogP contribution in [0.3, 0.4) is 0 Å². The monoisotopic (exact) mass is 483 g/mol. The number of unbranched alkanes of at least 4 members (excludes halogenated alkanes) is 13. The molecule has 0 rings (SSSR count). The number of hydrogen-bond donors (Lipinski definition) is 1. The minimum atomic E-state index is -0.662. The maximum absolute atomic E-state index is 10.5. The fourth-order valence-electron chi connectivity index (χ4n) is 3.49. The molecule has 0 aliphatic carbocycles. The minimum Gasteiger partial charge on any atom is -1.00 e. The smallest absolute Gasteiger partial charge is 0.303 e. The summed E-state index contributed by atoms with van der Waals surface area (Å²) < 4.78 is 1.09. The second-order valence-corrected chi connectivity index (χ2v) is 8.48. The van der Waals surface area contributed by atoms with Crippen molar-refractivity contribution in [3.05, 3.63) is 0 Å². The number of hydrogen-bond acceptors (Lipinski definition) is 1. The van der Waals surface area contributed by atoms with Gasteiger partial charge in [0.25, 0.3) is 0 Å². The average Bonchev–Trinajstić information content (AvgIpc) is 2.55. The minimum absolute atomic E-state index is 0. The van der Waals surface area contributed by atoms with Crippen LogP contribution in [0.2, 0.25) is 0 Å². The third kappa shape index (κ3) is 22.2. The molecule has 3 nitrogen and oxygen atoms in total. The Balaban J connectivity index is 0. The lowest BCUT2D eigenvalue weighted by Crippen LogP contribution is -3.00. The van der Waals surface area contributed by atoms with E-state index >= 15 is 0 Å². The van der Waals surface area contributed by atoms with Gasteiger partial charge in [0.1, 0.15) is 0 Å². The lowest BCUT2D eigenvalue weighted by atomic mass is 10.1. The van der Waals surface area contributed by atoms with Crippen LogP contribution in [0.15, 0.2) is 0 Å². The van der Waals surface area contributed by atoms with Crippen molar-refractivity contribution in [2.24, 2.45) is 0 Å². The highest BCUT2D eigenvalue weighted by Crippen LogP contribution is 2.13. The Morgan fingerprint density at radius 1 is 0.654 bits per heavy atom. The number of halogens is 1. The predicted octanol–water partition coefficient (Wildman–Crippen LogP) is 3.41. The van der Waals surface area contributed by atoms with Crippen molar-refractivity contribution in [1.82, 2.24) is 0 Å². The van der Waals surface area contributed by atoms with E-state index in [9.17, 15) is 4.79 Å². The van der Waals surface area contributed by atoms with E-state index in [1.807, 2.05) is 0 Å². The number of carboxylic acid groups (broad SMARTS) is 1. The Morgan fingerprint density at radius 3 is 1.38 bits per heavy atom. The molecule has 0 amide bonds. The van der Waals surface area contributed by atoms with Crippen molar-refractivity contribution in [3.63, 3.8) is 0 Å². The molecule has 0 spiro atoms. The molecule has 0 aliphatic rings. The van der Waals surface area contributed by atoms with E-state index in [2.05, 4.69) is 21.0 Å². The van der Waals surface area contributed by atoms with Gasteiger partial charge in [-0.1, -0.05) is 71.1 Å². The quantitative estimate of drug-likeness (QED) is 0.174. The molecule has 0 unspecified atom stereocenters. The van der Waals surface area contributed by atoms with Gasteiger partial charge in [-0.25, -0.2) is 0 Å². The van der Waals surface area contributed by atoms with Crippen LogP contribution in [0.4, 0.5) is 0 Å². The van der Waals surface area contributed by atoms with Gasteiger partial charge < -0.3 is 33.6 Å². The first-order valence-corrected chi connectivity index (χ1v) is 11.0. The first kappa shape index (κ1) is 28.4. The van der Waals surface area contributed by atoms with Crippen molar-refractivity contribution in [1.29, 1.82) is 0 Å². The maximum Gasteiger partial charge on any atom is 0.303 e. The molecule has 0 aromatic heterocycles. The summed E-state index contributed by atoms with van der Waals surface area (Å²) in [5.41, 5.74) is 0. The molecule has 0 saturated heterocycles. The van der Waals surface area contributed by atoms with Gasteiger partial charge in [0.15, 0.2) is 0 Å². The third-order valence-corrected chi connectivity index (χ3v) is 5.27. The van der Waals surface area contributed by atoms with Gasteiger partial charge in [0.05, 0.1) is 27.2 Å². The van der Waals surface area contributed by atoms with Crippen LogP contribution in [0, 0.1) is 0 Å². The fourth-order valence-corrected chi connectivity index (χ4v) is 3.49. The van der Waals surface area contributed by atoms with Crippen molar-refractivity contribution in [3.8, 4) is 0 Å². The van der Waals surface area contributed by atoms with E-state index in [1.165, 1.54) is 90.1 Å². The van der Waals surface area contributed by atoms with Crippen LogP contribution in [-0.4, -0.2) is 42.7 Å².